The molecule has 0 fully saturated rings. The molecular formula is C20H18O6S2. The topological polar surface area (TPSA) is 86.7 Å². The maximum absolute atomic E-state index is 12.1. The van der Waals surface area contributed by atoms with Crippen molar-refractivity contribution >= 4 is 20.2 Å². The first kappa shape index (κ1) is 20.2. The van der Waals surface area contributed by atoms with Crippen LogP contribution in [0.4, 0.5) is 0 Å². The van der Waals surface area contributed by atoms with Crippen molar-refractivity contribution in [3.8, 4) is 0 Å². The summed E-state index contributed by atoms with van der Waals surface area (Å²) in [6, 6.07) is 22.4. The van der Waals surface area contributed by atoms with E-state index in [2.05, 4.69) is 0 Å². The Hall–Kier alpha value is -2.52. The third-order valence-electron chi connectivity index (χ3n) is 3.85. The second kappa shape index (κ2) is 8.66. The van der Waals surface area contributed by atoms with Crippen molar-refractivity contribution in [2.75, 3.05) is 0 Å². The van der Waals surface area contributed by atoms with Gasteiger partial charge in [-0.15, -0.1) is 0 Å². The minimum Gasteiger partial charge on any atom is -0.262 e. The van der Waals surface area contributed by atoms with Crippen LogP contribution < -0.4 is 0 Å². The van der Waals surface area contributed by atoms with Crippen molar-refractivity contribution in [1.82, 2.24) is 0 Å². The molecule has 3 aromatic rings. The number of hydrogen-bond donors (Lipinski definition) is 0. The van der Waals surface area contributed by atoms with Crippen LogP contribution in [0.5, 0.6) is 0 Å². The average molecular weight is 418 g/mol. The summed E-state index contributed by atoms with van der Waals surface area (Å²) in [5.74, 6) is 0. The molecule has 6 nitrogen and oxygen atoms in total. The van der Waals surface area contributed by atoms with E-state index in [9.17, 15) is 16.8 Å². The zero-order valence-electron chi connectivity index (χ0n) is 14.8. The van der Waals surface area contributed by atoms with Gasteiger partial charge in [0, 0.05) is 0 Å². The van der Waals surface area contributed by atoms with Gasteiger partial charge in [-0.1, -0.05) is 60.7 Å². The molecule has 0 bridgehead atoms. The SMILES string of the molecule is O=S(=O)(OCc1ccc(COS(=O)(=O)c2ccccc2)cc1)c1ccccc1. The molecular weight excluding hydrogens is 400 g/mol. The second-order valence-electron chi connectivity index (χ2n) is 5.88. The first-order chi connectivity index (χ1) is 13.4. The molecule has 146 valence electrons. The van der Waals surface area contributed by atoms with Gasteiger partial charge in [-0.3, -0.25) is 8.37 Å². The van der Waals surface area contributed by atoms with Crippen LogP contribution in [0.1, 0.15) is 11.1 Å². The first-order valence-electron chi connectivity index (χ1n) is 8.34. The van der Waals surface area contributed by atoms with Gasteiger partial charge < -0.3 is 0 Å². The number of hydrogen-bond acceptors (Lipinski definition) is 6. The standard InChI is InChI=1S/C20H18O6S2/c21-27(22,19-7-3-1-4-8-19)25-15-17-11-13-18(14-12-17)16-26-28(23,24)20-9-5-2-6-10-20/h1-14H,15-16H2. The summed E-state index contributed by atoms with van der Waals surface area (Å²) < 4.78 is 58.6. The molecule has 8 heteroatoms. The third-order valence-corrected chi connectivity index (χ3v) is 6.40. The Bertz CT molecular complexity index is 1020. The molecule has 0 saturated heterocycles. The van der Waals surface area contributed by atoms with E-state index in [1.165, 1.54) is 24.3 Å². The molecule has 0 saturated carbocycles. The lowest BCUT2D eigenvalue weighted by Crippen LogP contribution is -2.07. The normalized spacial score (nSPS) is 12.0. The van der Waals surface area contributed by atoms with Gasteiger partial charge in [0.25, 0.3) is 20.2 Å². The van der Waals surface area contributed by atoms with E-state index in [-0.39, 0.29) is 23.0 Å². The minimum absolute atomic E-state index is 0.0890. The molecule has 0 atom stereocenters. The molecule has 3 rings (SSSR count). The van der Waals surface area contributed by atoms with E-state index in [0.29, 0.717) is 11.1 Å². The fourth-order valence-electron chi connectivity index (χ4n) is 2.33. The Balaban J connectivity index is 1.58. The number of benzene rings is 3. The van der Waals surface area contributed by atoms with Gasteiger partial charge in [-0.05, 0) is 35.4 Å². The molecule has 0 radical (unpaired) electrons. The zero-order chi connectivity index (χ0) is 20.0. The molecule has 0 N–H and O–H groups in total. The highest BCUT2D eigenvalue weighted by Crippen LogP contribution is 2.17. The van der Waals surface area contributed by atoms with Gasteiger partial charge in [-0.25, -0.2) is 0 Å². The Labute approximate surface area is 164 Å². The van der Waals surface area contributed by atoms with E-state index in [4.69, 9.17) is 8.37 Å². The lowest BCUT2D eigenvalue weighted by Gasteiger charge is -2.08. The maximum Gasteiger partial charge on any atom is 0.297 e. The van der Waals surface area contributed by atoms with Crippen LogP contribution in [0, 0.1) is 0 Å². The fraction of sp³-hybridized carbons (Fsp3) is 0.100. The predicted octanol–water partition coefficient (Wildman–Crippen LogP) is 3.50. The molecule has 0 spiro atoms. The average Bonchev–Trinajstić information content (AvgIpc) is 2.73. The van der Waals surface area contributed by atoms with Gasteiger partial charge in [0.15, 0.2) is 0 Å². The molecule has 28 heavy (non-hydrogen) atoms. The smallest absolute Gasteiger partial charge is 0.262 e. The van der Waals surface area contributed by atoms with Crippen molar-refractivity contribution in [3.05, 3.63) is 96.1 Å². The highest BCUT2D eigenvalue weighted by molar-refractivity contribution is 7.87. The summed E-state index contributed by atoms with van der Waals surface area (Å²) in [5, 5.41) is 0. The lowest BCUT2D eigenvalue weighted by molar-refractivity contribution is 0.304. The summed E-state index contributed by atoms with van der Waals surface area (Å²) in [5.41, 5.74) is 1.27. The van der Waals surface area contributed by atoms with E-state index in [1.807, 2.05) is 0 Å². The minimum atomic E-state index is -3.83. The van der Waals surface area contributed by atoms with E-state index >= 15 is 0 Å². The van der Waals surface area contributed by atoms with Crippen LogP contribution >= 0.6 is 0 Å². The van der Waals surface area contributed by atoms with E-state index in [1.54, 1.807) is 60.7 Å². The Kier molecular flexibility index (Phi) is 6.25. The monoisotopic (exact) mass is 418 g/mol. The van der Waals surface area contributed by atoms with Crippen molar-refractivity contribution in [2.45, 2.75) is 23.0 Å². The molecule has 3 aromatic carbocycles. The van der Waals surface area contributed by atoms with Crippen molar-refractivity contribution in [1.29, 1.82) is 0 Å². The van der Waals surface area contributed by atoms with Crippen LogP contribution in [0.3, 0.4) is 0 Å². The van der Waals surface area contributed by atoms with Crippen LogP contribution in [-0.4, -0.2) is 16.8 Å². The Morgan fingerprint density at radius 3 is 1.14 bits per heavy atom. The van der Waals surface area contributed by atoms with Gasteiger partial charge in [0.05, 0.1) is 23.0 Å². The highest BCUT2D eigenvalue weighted by atomic mass is 32.2. The van der Waals surface area contributed by atoms with Crippen molar-refractivity contribution in [2.24, 2.45) is 0 Å². The summed E-state index contributed by atoms with van der Waals surface area (Å²) in [4.78, 5) is 0.178. The third kappa shape index (κ3) is 5.26. The fourth-order valence-corrected chi connectivity index (χ4v) is 4.17. The molecule has 0 aliphatic heterocycles. The molecule has 0 unspecified atom stereocenters. The molecule has 0 aromatic heterocycles. The van der Waals surface area contributed by atoms with Crippen molar-refractivity contribution < 1.29 is 25.2 Å². The lowest BCUT2D eigenvalue weighted by atomic mass is 10.1. The summed E-state index contributed by atoms with van der Waals surface area (Å²) in [6.45, 7) is -0.249. The quantitative estimate of drug-likeness (QED) is 0.521. The molecule has 0 aliphatic rings. The van der Waals surface area contributed by atoms with E-state index < -0.39 is 20.2 Å². The van der Waals surface area contributed by atoms with Gasteiger partial charge in [0.1, 0.15) is 0 Å². The van der Waals surface area contributed by atoms with E-state index in [0.717, 1.165) is 0 Å². The molecule has 0 amide bonds. The van der Waals surface area contributed by atoms with Crippen LogP contribution in [-0.2, 0) is 41.8 Å². The molecule has 0 aliphatic carbocycles. The summed E-state index contributed by atoms with van der Waals surface area (Å²) in [6.07, 6.45) is 0. The maximum atomic E-state index is 12.1. The van der Waals surface area contributed by atoms with Crippen LogP contribution in [0.25, 0.3) is 0 Å². The summed E-state index contributed by atoms with van der Waals surface area (Å²) >= 11 is 0. The molecule has 0 heterocycles. The van der Waals surface area contributed by atoms with Gasteiger partial charge in [-0.2, -0.15) is 16.8 Å². The Morgan fingerprint density at radius 2 is 0.821 bits per heavy atom. The van der Waals surface area contributed by atoms with Crippen molar-refractivity contribution in [3.63, 3.8) is 0 Å². The second-order valence-corrected chi connectivity index (χ2v) is 9.11. The Morgan fingerprint density at radius 1 is 0.500 bits per heavy atom. The van der Waals surface area contributed by atoms with Gasteiger partial charge >= 0.3 is 0 Å². The summed E-state index contributed by atoms with van der Waals surface area (Å²) in [7, 11) is -7.67. The largest absolute Gasteiger partial charge is 0.297 e. The van der Waals surface area contributed by atoms with Gasteiger partial charge in [0.2, 0.25) is 0 Å². The van der Waals surface area contributed by atoms with Crippen LogP contribution in [0.2, 0.25) is 0 Å². The zero-order valence-corrected chi connectivity index (χ0v) is 16.4. The first-order valence-corrected chi connectivity index (χ1v) is 11.2. The van der Waals surface area contributed by atoms with Crippen LogP contribution in [0.15, 0.2) is 94.7 Å². The highest BCUT2D eigenvalue weighted by Gasteiger charge is 2.16. The number of rotatable bonds is 8. The predicted molar refractivity (Wildman–Crippen MR) is 103 cm³/mol.